The van der Waals surface area contributed by atoms with Crippen LogP contribution in [0.25, 0.3) is 0 Å². The Morgan fingerprint density at radius 2 is 1.93 bits per heavy atom. The summed E-state index contributed by atoms with van der Waals surface area (Å²) in [6.45, 7) is 4.71. The maximum atomic E-state index is 12.8. The molecule has 0 bridgehead atoms. The van der Waals surface area contributed by atoms with E-state index in [1.54, 1.807) is 0 Å². The fourth-order valence-corrected chi connectivity index (χ4v) is 6.50. The van der Waals surface area contributed by atoms with Gasteiger partial charge in [0.1, 0.15) is 5.25 Å². The fourth-order valence-electron chi connectivity index (χ4n) is 3.28. The van der Waals surface area contributed by atoms with Crippen LogP contribution in [0.4, 0.5) is 0 Å². The lowest BCUT2D eigenvalue weighted by Crippen LogP contribution is -2.61. The number of sulfone groups is 2. The lowest BCUT2D eigenvalue weighted by Gasteiger charge is -2.42. The second kappa shape index (κ2) is 7.61. The SMILES string of the molecule is C=CS(=O)(=O)C(C)C(=O)N1CCN2C(=O)C(C)(OS(=O)(=O)O)S(=O)(=O)CCC2C1. The Balaban J connectivity index is 2.33. The van der Waals surface area contributed by atoms with Gasteiger partial charge in [0.25, 0.3) is 10.8 Å². The fraction of sp³-hybridized carbons (Fsp3) is 0.714. The van der Waals surface area contributed by atoms with E-state index in [4.69, 9.17) is 4.55 Å². The quantitative estimate of drug-likeness (QED) is 0.454. The van der Waals surface area contributed by atoms with Gasteiger partial charge in [-0.3, -0.25) is 14.1 Å². The normalized spacial score (nSPS) is 28.9. The minimum atomic E-state index is -5.26. The third-order valence-corrected chi connectivity index (χ3v) is 9.61. The van der Waals surface area contributed by atoms with E-state index in [1.807, 2.05) is 0 Å². The molecule has 3 unspecified atom stereocenters. The van der Waals surface area contributed by atoms with Crippen LogP contribution < -0.4 is 0 Å². The van der Waals surface area contributed by atoms with Crippen LogP contribution in [0.15, 0.2) is 12.0 Å². The molecule has 0 aromatic rings. The van der Waals surface area contributed by atoms with Gasteiger partial charge in [-0.15, -0.1) is 0 Å². The number of carbonyl (C=O) groups is 2. The largest absolute Gasteiger partial charge is 0.399 e. The zero-order valence-electron chi connectivity index (χ0n) is 15.7. The maximum Gasteiger partial charge on any atom is 0.399 e. The molecule has 2 rings (SSSR count). The van der Waals surface area contributed by atoms with Gasteiger partial charge >= 0.3 is 10.4 Å². The summed E-state index contributed by atoms with van der Waals surface area (Å²) in [6.07, 6.45) is -0.134. The lowest BCUT2D eigenvalue weighted by atomic mass is 10.1. The van der Waals surface area contributed by atoms with Crippen molar-refractivity contribution in [2.24, 2.45) is 0 Å². The van der Waals surface area contributed by atoms with E-state index in [9.17, 15) is 34.8 Å². The Morgan fingerprint density at radius 3 is 2.45 bits per heavy atom. The van der Waals surface area contributed by atoms with Crippen LogP contribution in [0.1, 0.15) is 20.3 Å². The van der Waals surface area contributed by atoms with Crippen molar-refractivity contribution in [3.05, 3.63) is 12.0 Å². The van der Waals surface area contributed by atoms with Gasteiger partial charge in [0.05, 0.1) is 11.8 Å². The number of hydrogen-bond donors (Lipinski definition) is 1. The van der Waals surface area contributed by atoms with E-state index in [1.165, 1.54) is 11.8 Å². The highest BCUT2D eigenvalue weighted by atomic mass is 32.3. The van der Waals surface area contributed by atoms with E-state index >= 15 is 0 Å². The van der Waals surface area contributed by atoms with Gasteiger partial charge in [0.15, 0.2) is 19.7 Å². The van der Waals surface area contributed by atoms with Crippen molar-refractivity contribution < 1.29 is 43.6 Å². The van der Waals surface area contributed by atoms with Crippen LogP contribution in [-0.4, -0.2) is 93.0 Å². The molecule has 29 heavy (non-hydrogen) atoms. The maximum absolute atomic E-state index is 12.8. The van der Waals surface area contributed by atoms with Crippen LogP contribution in [0, 0.1) is 0 Å². The average molecular weight is 475 g/mol. The van der Waals surface area contributed by atoms with Crippen LogP contribution in [0.2, 0.25) is 0 Å². The summed E-state index contributed by atoms with van der Waals surface area (Å²) >= 11 is 0. The number of rotatable bonds is 5. The van der Waals surface area contributed by atoms with Crippen LogP contribution in [0.3, 0.4) is 0 Å². The highest BCUT2D eigenvalue weighted by Gasteiger charge is 2.56. The summed E-state index contributed by atoms with van der Waals surface area (Å²) < 4.78 is 84.3. The minimum Gasteiger partial charge on any atom is -0.338 e. The molecule has 12 nitrogen and oxygen atoms in total. The molecular weight excluding hydrogens is 452 g/mol. The van der Waals surface area contributed by atoms with Crippen molar-refractivity contribution in [1.82, 2.24) is 9.80 Å². The molecule has 2 aliphatic rings. The minimum absolute atomic E-state index is 0.0971. The topological polar surface area (TPSA) is 172 Å². The van der Waals surface area contributed by atoms with E-state index in [-0.39, 0.29) is 26.1 Å². The summed E-state index contributed by atoms with van der Waals surface area (Å²) in [7, 11) is -13.6. The molecule has 0 spiro atoms. The van der Waals surface area contributed by atoms with Crippen molar-refractivity contribution in [2.75, 3.05) is 25.4 Å². The molecule has 166 valence electrons. The second-order valence-corrected chi connectivity index (χ2v) is 12.6. The van der Waals surface area contributed by atoms with Crippen molar-refractivity contribution in [3.8, 4) is 0 Å². The van der Waals surface area contributed by atoms with Crippen molar-refractivity contribution in [2.45, 2.75) is 36.5 Å². The first-order valence-corrected chi connectivity index (χ1v) is 13.0. The number of amides is 2. The van der Waals surface area contributed by atoms with Gasteiger partial charge in [-0.25, -0.2) is 21.0 Å². The number of fused-ring (bicyclic) bond motifs is 1. The predicted molar refractivity (Wildman–Crippen MR) is 100 cm³/mol. The summed E-state index contributed by atoms with van der Waals surface area (Å²) in [5.74, 6) is -2.55. The van der Waals surface area contributed by atoms with E-state index in [2.05, 4.69) is 10.8 Å². The Morgan fingerprint density at radius 1 is 1.34 bits per heavy atom. The van der Waals surface area contributed by atoms with Gasteiger partial charge in [-0.1, -0.05) is 6.58 Å². The van der Waals surface area contributed by atoms with Crippen LogP contribution >= 0.6 is 0 Å². The number of hydrogen-bond acceptors (Lipinski definition) is 9. The van der Waals surface area contributed by atoms with Crippen LogP contribution in [-0.2, 0) is 43.8 Å². The van der Waals surface area contributed by atoms with E-state index in [0.29, 0.717) is 5.41 Å². The standard InChI is InChI=1S/C14H22N2O10S3/c1-4-27(19,20)10(2)12(17)15-6-7-16-11(9-15)5-8-28(21,22)14(3,13(16)18)26-29(23,24)25/h4,10-11H,1,5-9H2,2-3H3,(H,23,24,25). The summed E-state index contributed by atoms with van der Waals surface area (Å²) in [6, 6.07) is -0.805. The van der Waals surface area contributed by atoms with Gasteiger partial charge < -0.3 is 9.80 Å². The summed E-state index contributed by atoms with van der Waals surface area (Å²) in [5.41, 5.74) is 0. The van der Waals surface area contributed by atoms with Crippen molar-refractivity contribution >= 4 is 41.9 Å². The number of carbonyl (C=O) groups excluding carboxylic acids is 2. The third kappa shape index (κ3) is 4.47. The third-order valence-electron chi connectivity index (χ3n) is 5.09. The second-order valence-electron chi connectivity index (χ2n) is 6.90. The highest BCUT2D eigenvalue weighted by Crippen LogP contribution is 2.32. The first-order chi connectivity index (χ1) is 13.1. The smallest absolute Gasteiger partial charge is 0.338 e. The van der Waals surface area contributed by atoms with Gasteiger partial charge in [0.2, 0.25) is 5.91 Å². The van der Waals surface area contributed by atoms with E-state index < -0.39 is 63.9 Å². The molecule has 0 aromatic carbocycles. The molecule has 2 amide bonds. The van der Waals surface area contributed by atoms with E-state index in [0.717, 1.165) is 11.8 Å². The molecule has 2 saturated heterocycles. The van der Waals surface area contributed by atoms with Crippen LogP contribution in [0.5, 0.6) is 0 Å². The van der Waals surface area contributed by atoms with Crippen molar-refractivity contribution in [1.29, 1.82) is 0 Å². The molecule has 15 heteroatoms. The average Bonchev–Trinajstić information content (AvgIpc) is 2.68. The molecule has 0 radical (unpaired) electrons. The Hall–Kier alpha value is -1.55. The predicted octanol–water partition coefficient (Wildman–Crippen LogP) is -1.67. The molecule has 0 saturated carbocycles. The first-order valence-electron chi connectivity index (χ1n) is 8.42. The molecule has 0 aromatic heterocycles. The van der Waals surface area contributed by atoms with Gasteiger partial charge in [-0.2, -0.15) is 8.42 Å². The zero-order valence-corrected chi connectivity index (χ0v) is 18.2. The summed E-state index contributed by atoms with van der Waals surface area (Å²) in [5, 5.41) is -0.726. The monoisotopic (exact) mass is 474 g/mol. The molecule has 2 heterocycles. The Bertz CT molecular complexity index is 1030. The zero-order chi connectivity index (χ0) is 22.4. The Kier molecular flexibility index (Phi) is 6.23. The highest BCUT2D eigenvalue weighted by molar-refractivity contribution is 7.95. The molecule has 1 N–H and O–H groups in total. The van der Waals surface area contributed by atoms with Gasteiger partial charge in [-0.05, 0) is 20.3 Å². The molecular formula is C14H22N2O10S3. The molecule has 3 atom stereocenters. The first kappa shape index (κ1) is 23.7. The van der Waals surface area contributed by atoms with Gasteiger partial charge in [0, 0.05) is 25.0 Å². The number of piperazine rings is 1. The summed E-state index contributed by atoms with van der Waals surface area (Å²) in [4.78, 5) is 24.8. The molecule has 2 aliphatic heterocycles. The molecule has 2 fully saturated rings. The lowest BCUT2D eigenvalue weighted by molar-refractivity contribution is -0.149. The number of nitrogens with zero attached hydrogens (tertiary/aromatic N) is 2. The van der Waals surface area contributed by atoms with Crippen molar-refractivity contribution in [3.63, 3.8) is 0 Å². The molecule has 0 aliphatic carbocycles. The Labute approximate surface area is 169 Å².